The number of rotatable bonds is 4. The molecule has 1 fully saturated rings. The average molecular weight is 334 g/mol. The molecule has 0 radical (unpaired) electrons. The van der Waals surface area contributed by atoms with Gasteiger partial charge in [-0.2, -0.15) is 5.10 Å². The maximum atomic E-state index is 12.3. The Morgan fingerprint density at radius 2 is 2.00 bits per heavy atom. The highest BCUT2D eigenvalue weighted by Gasteiger charge is 2.21. The van der Waals surface area contributed by atoms with Gasteiger partial charge < -0.3 is 9.80 Å². The molecule has 1 aliphatic heterocycles. The summed E-state index contributed by atoms with van der Waals surface area (Å²) < 4.78 is 1.76. The highest BCUT2D eigenvalue weighted by molar-refractivity contribution is 6.30. The Hall–Kier alpha value is -2.08. The summed E-state index contributed by atoms with van der Waals surface area (Å²) in [6.45, 7) is 3.06. The van der Waals surface area contributed by atoms with Gasteiger partial charge in [-0.05, 0) is 24.1 Å². The Balaban J connectivity index is 1.48. The van der Waals surface area contributed by atoms with E-state index in [0.29, 0.717) is 11.4 Å². The number of amides is 1. The smallest absolute Gasteiger partial charge is 0.223 e. The summed E-state index contributed by atoms with van der Waals surface area (Å²) in [5.41, 5.74) is 1.10. The molecule has 3 heterocycles. The van der Waals surface area contributed by atoms with Crippen LogP contribution in [-0.2, 0) is 18.3 Å². The van der Waals surface area contributed by atoms with Gasteiger partial charge in [-0.1, -0.05) is 11.6 Å². The number of halogens is 1. The fraction of sp³-hybridized carbons (Fsp3) is 0.438. The van der Waals surface area contributed by atoms with Crippen molar-refractivity contribution < 1.29 is 4.79 Å². The van der Waals surface area contributed by atoms with Gasteiger partial charge in [-0.25, -0.2) is 4.98 Å². The lowest BCUT2D eigenvalue weighted by Gasteiger charge is -2.35. The summed E-state index contributed by atoms with van der Waals surface area (Å²) in [5.74, 6) is 1.12. The Morgan fingerprint density at radius 3 is 2.61 bits per heavy atom. The molecule has 0 aliphatic carbocycles. The first-order chi connectivity index (χ1) is 11.1. The van der Waals surface area contributed by atoms with Crippen molar-refractivity contribution >= 4 is 23.3 Å². The predicted molar refractivity (Wildman–Crippen MR) is 89.6 cm³/mol. The van der Waals surface area contributed by atoms with E-state index in [1.807, 2.05) is 36.5 Å². The highest BCUT2D eigenvalue weighted by Crippen LogP contribution is 2.16. The van der Waals surface area contributed by atoms with Gasteiger partial charge >= 0.3 is 0 Å². The molecule has 0 saturated carbocycles. The number of carbonyl (C=O) groups excluding carboxylic acids is 1. The van der Waals surface area contributed by atoms with E-state index >= 15 is 0 Å². The van der Waals surface area contributed by atoms with Crippen molar-refractivity contribution in [1.29, 1.82) is 0 Å². The minimum absolute atomic E-state index is 0.206. The van der Waals surface area contributed by atoms with Crippen molar-refractivity contribution in [3.05, 3.63) is 41.3 Å². The van der Waals surface area contributed by atoms with Gasteiger partial charge in [0, 0.05) is 52.0 Å². The van der Waals surface area contributed by atoms with Gasteiger partial charge in [0.25, 0.3) is 0 Å². The third-order valence-corrected chi connectivity index (χ3v) is 4.28. The number of piperazine rings is 1. The zero-order valence-electron chi connectivity index (χ0n) is 13.2. The molecular formula is C16H20ClN5O. The summed E-state index contributed by atoms with van der Waals surface area (Å²) in [6.07, 6.45) is 6.70. The normalized spacial score (nSPS) is 15.0. The van der Waals surface area contributed by atoms with E-state index in [-0.39, 0.29) is 5.91 Å². The maximum absolute atomic E-state index is 12.3. The SMILES string of the molecule is Cn1cc(CCC(=O)N2CCN(c3ccc(Cl)cn3)CC2)cn1. The number of aromatic nitrogens is 3. The second-order valence-corrected chi connectivity index (χ2v) is 6.16. The molecule has 7 heteroatoms. The van der Waals surface area contributed by atoms with Crippen LogP contribution in [0.1, 0.15) is 12.0 Å². The summed E-state index contributed by atoms with van der Waals surface area (Å²) in [7, 11) is 1.88. The highest BCUT2D eigenvalue weighted by atomic mass is 35.5. The Kier molecular flexibility index (Phi) is 4.81. The molecule has 0 aromatic carbocycles. The van der Waals surface area contributed by atoms with Crippen LogP contribution in [0.25, 0.3) is 0 Å². The number of nitrogens with zero attached hydrogens (tertiary/aromatic N) is 5. The molecular weight excluding hydrogens is 314 g/mol. The minimum atomic E-state index is 0.206. The molecule has 6 nitrogen and oxygen atoms in total. The standard InChI is InChI=1S/C16H20ClN5O/c1-20-12-13(10-19-20)2-5-16(23)22-8-6-21(7-9-22)15-4-3-14(17)11-18-15/h3-4,10-12H,2,5-9H2,1H3. The Morgan fingerprint density at radius 1 is 1.22 bits per heavy atom. The van der Waals surface area contributed by atoms with E-state index < -0.39 is 0 Å². The van der Waals surface area contributed by atoms with Crippen LogP contribution < -0.4 is 4.90 Å². The van der Waals surface area contributed by atoms with Gasteiger partial charge in [0.2, 0.25) is 5.91 Å². The van der Waals surface area contributed by atoms with Gasteiger partial charge in [-0.3, -0.25) is 9.48 Å². The molecule has 3 rings (SSSR count). The average Bonchev–Trinajstić information content (AvgIpc) is 2.99. The molecule has 0 spiro atoms. The van der Waals surface area contributed by atoms with Crippen LogP contribution in [-0.4, -0.2) is 51.8 Å². The van der Waals surface area contributed by atoms with E-state index in [1.54, 1.807) is 10.9 Å². The maximum Gasteiger partial charge on any atom is 0.223 e. The molecule has 122 valence electrons. The van der Waals surface area contributed by atoms with E-state index in [2.05, 4.69) is 15.0 Å². The number of anilines is 1. The van der Waals surface area contributed by atoms with E-state index in [0.717, 1.165) is 44.0 Å². The summed E-state index contributed by atoms with van der Waals surface area (Å²) >= 11 is 5.86. The quantitative estimate of drug-likeness (QED) is 0.855. The fourth-order valence-electron chi connectivity index (χ4n) is 2.75. The van der Waals surface area contributed by atoms with E-state index in [4.69, 9.17) is 11.6 Å². The van der Waals surface area contributed by atoms with E-state index in [1.165, 1.54) is 0 Å². The molecule has 0 N–H and O–H groups in total. The molecule has 1 amide bonds. The number of aryl methyl sites for hydroxylation is 2. The van der Waals surface area contributed by atoms with Crippen molar-refractivity contribution in [3.8, 4) is 0 Å². The van der Waals surface area contributed by atoms with Crippen LogP contribution in [0.3, 0.4) is 0 Å². The van der Waals surface area contributed by atoms with E-state index in [9.17, 15) is 4.79 Å². The third kappa shape index (κ3) is 4.01. The summed E-state index contributed by atoms with van der Waals surface area (Å²) in [5, 5.41) is 4.76. The first-order valence-corrected chi connectivity index (χ1v) is 8.11. The first-order valence-electron chi connectivity index (χ1n) is 7.73. The second-order valence-electron chi connectivity index (χ2n) is 5.72. The van der Waals surface area contributed by atoms with Crippen molar-refractivity contribution in [2.75, 3.05) is 31.1 Å². The number of hydrogen-bond acceptors (Lipinski definition) is 4. The first kappa shape index (κ1) is 15.8. The van der Waals surface area contributed by atoms with Crippen LogP contribution in [0.15, 0.2) is 30.7 Å². The largest absolute Gasteiger partial charge is 0.353 e. The zero-order chi connectivity index (χ0) is 16.2. The van der Waals surface area contributed by atoms with Gasteiger partial charge in [0.15, 0.2) is 0 Å². The number of pyridine rings is 1. The zero-order valence-corrected chi connectivity index (χ0v) is 13.9. The van der Waals surface area contributed by atoms with Crippen molar-refractivity contribution in [2.24, 2.45) is 7.05 Å². The fourth-order valence-corrected chi connectivity index (χ4v) is 2.86. The molecule has 23 heavy (non-hydrogen) atoms. The summed E-state index contributed by atoms with van der Waals surface area (Å²) in [4.78, 5) is 20.8. The van der Waals surface area contributed by atoms with Crippen LogP contribution in [0.2, 0.25) is 5.02 Å². The predicted octanol–water partition coefficient (Wildman–Crippen LogP) is 1.75. The molecule has 0 atom stereocenters. The molecule has 2 aromatic heterocycles. The molecule has 1 saturated heterocycles. The molecule has 0 unspecified atom stereocenters. The Labute approximate surface area is 140 Å². The van der Waals surface area contributed by atoms with Crippen molar-refractivity contribution in [3.63, 3.8) is 0 Å². The van der Waals surface area contributed by atoms with Crippen LogP contribution >= 0.6 is 11.6 Å². The third-order valence-electron chi connectivity index (χ3n) is 4.05. The second kappa shape index (κ2) is 7.00. The lowest BCUT2D eigenvalue weighted by molar-refractivity contribution is -0.131. The van der Waals surface area contributed by atoms with Crippen LogP contribution in [0.4, 0.5) is 5.82 Å². The van der Waals surface area contributed by atoms with Gasteiger partial charge in [0.05, 0.1) is 11.2 Å². The summed E-state index contributed by atoms with van der Waals surface area (Å²) in [6, 6.07) is 3.76. The van der Waals surface area contributed by atoms with Gasteiger partial charge in [0.1, 0.15) is 5.82 Å². The topological polar surface area (TPSA) is 54.3 Å². The van der Waals surface area contributed by atoms with Crippen molar-refractivity contribution in [1.82, 2.24) is 19.7 Å². The van der Waals surface area contributed by atoms with Crippen LogP contribution in [0, 0.1) is 0 Å². The minimum Gasteiger partial charge on any atom is -0.353 e. The lowest BCUT2D eigenvalue weighted by atomic mass is 10.1. The lowest BCUT2D eigenvalue weighted by Crippen LogP contribution is -2.49. The van der Waals surface area contributed by atoms with Gasteiger partial charge in [-0.15, -0.1) is 0 Å². The monoisotopic (exact) mass is 333 g/mol. The molecule has 2 aromatic rings. The van der Waals surface area contributed by atoms with Crippen molar-refractivity contribution in [2.45, 2.75) is 12.8 Å². The number of hydrogen-bond donors (Lipinski definition) is 0. The molecule has 0 bridgehead atoms. The van der Waals surface area contributed by atoms with Crippen LogP contribution in [0.5, 0.6) is 0 Å². The number of carbonyl (C=O) groups is 1. The Bertz CT molecular complexity index is 661. The molecule has 1 aliphatic rings.